The van der Waals surface area contributed by atoms with Crippen LogP contribution in [0.2, 0.25) is 0 Å². The molecule has 25 heavy (non-hydrogen) atoms. The van der Waals surface area contributed by atoms with Crippen molar-refractivity contribution >= 4 is 5.91 Å². The van der Waals surface area contributed by atoms with Crippen molar-refractivity contribution in [3.8, 4) is 11.3 Å². The summed E-state index contributed by atoms with van der Waals surface area (Å²) in [6.07, 6.45) is 6.12. The molecule has 3 aromatic rings. The zero-order valence-corrected chi connectivity index (χ0v) is 14.1. The van der Waals surface area contributed by atoms with E-state index in [9.17, 15) is 4.79 Å². The molecule has 0 unspecified atom stereocenters. The Morgan fingerprint density at radius 1 is 1.20 bits per heavy atom. The van der Waals surface area contributed by atoms with Gasteiger partial charge in [0.2, 0.25) is 0 Å². The van der Waals surface area contributed by atoms with Crippen LogP contribution < -0.4 is 0 Å². The van der Waals surface area contributed by atoms with Gasteiger partial charge in [-0.2, -0.15) is 0 Å². The van der Waals surface area contributed by atoms with E-state index in [1.165, 1.54) is 11.8 Å². The van der Waals surface area contributed by atoms with Gasteiger partial charge in [-0.1, -0.05) is 41.1 Å². The number of hydrogen-bond acceptors (Lipinski definition) is 4. The van der Waals surface area contributed by atoms with E-state index in [0.29, 0.717) is 23.8 Å². The molecule has 5 nitrogen and oxygen atoms in total. The lowest BCUT2D eigenvalue weighted by Crippen LogP contribution is -2.28. The van der Waals surface area contributed by atoms with Crippen molar-refractivity contribution in [3.63, 3.8) is 0 Å². The van der Waals surface area contributed by atoms with Gasteiger partial charge in [-0.25, -0.2) is 0 Å². The number of aryl methyl sites for hydroxylation is 1. The van der Waals surface area contributed by atoms with E-state index in [1.807, 2.05) is 48.4 Å². The first-order valence-corrected chi connectivity index (χ1v) is 8.43. The van der Waals surface area contributed by atoms with Crippen LogP contribution in [-0.4, -0.2) is 34.0 Å². The fourth-order valence-electron chi connectivity index (χ4n) is 3.31. The molecule has 1 atom stereocenters. The van der Waals surface area contributed by atoms with Crippen LogP contribution in [0.25, 0.3) is 11.3 Å². The van der Waals surface area contributed by atoms with Crippen LogP contribution in [0, 0.1) is 6.92 Å². The number of rotatable bonds is 3. The molecule has 1 saturated heterocycles. The van der Waals surface area contributed by atoms with Crippen LogP contribution in [0.4, 0.5) is 0 Å². The normalized spacial score (nSPS) is 17.0. The van der Waals surface area contributed by atoms with Gasteiger partial charge in [0.1, 0.15) is 5.56 Å². The van der Waals surface area contributed by atoms with Crippen molar-refractivity contribution in [3.05, 3.63) is 71.7 Å². The highest BCUT2D eigenvalue weighted by Crippen LogP contribution is 2.30. The Morgan fingerprint density at radius 2 is 2.04 bits per heavy atom. The monoisotopic (exact) mass is 333 g/mol. The summed E-state index contributed by atoms with van der Waals surface area (Å²) in [5.41, 5.74) is 3.74. The highest BCUT2D eigenvalue weighted by atomic mass is 16.5. The van der Waals surface area contributed by atoms with E-state index in [2.05, 4.69) is 16.2 Å². The van der Waals surface area contributed by atoms with Crippen LogP contribution in [0.1, 0.15) is 33.8 Å². The van der Waals surface area contributed by atoms with E-state index in [4.69, 9.17) is 4.52 Å². The van der Waals surface area contributed by atoms with Gasteiger partial charge in [0.15, 0.2) is 5.76 Å². The van der Waals surface area contributed by atoms with Gasteiger partial charge in [-0.3, -0.25) is 9.78 Å². The lowest BCUT2D eigenvalue weighted by atomic mass is 10.0. The summed E-state index contributed by atoms with van der Waals surface area (Å²) in [7, 11) is 0. The molecule has 2 aromatic heterocycles. The minimum Gasteiger partial charge on any atom is -0.355 e. The molecule has 1 aliphatic heterocycles. The summed E-state index contributed by atoms with van der Waals surface area (Å²) >= 11 is 0. The molecule has 3 heterocycles. The van der Waals surface area contributed by atoms with Crippen LogP contribution in [0.3, 0.4) is 0 Å². The molecule has 0 radical (unpaired) electrons. The number of amides is 1. The van der Waals surface area contributed by atoms with Crippen molar-refractivity contribution in [2.45, 2.75) is 19.3 Å². The summed E-state index contributed by atoms with van der Waals surface area (Å²) in [5, 5.41) is 3.86. The first kappa shape index (κ1) is 15.6. The summed E-state index contributed by atoms with van der Waals surface area (Å²) in [6.45, 7) is 3.46. The lowest BCUT2D eigenvalue weighted by molar-refractivity contribution is 0.0791. The third-order valence-corrected chi connectivity index (χ3v) is 4.75. The van der Waals surface area contributed by atoms with Gasteiger partial charge in [-0.05, 0) is 25.0 Å². The Morgan fingerprint density at radius 3 is 2.80 bits per heavy atom. The van der Waals surface area contributed by atoms with Crippen LogP contribution in [-0.2, 0) is 0 Å². The number of aromatic nitrogens is 2. The maximum Gasteiger partial charge on any atom is 0.259 e. The first-order chi connectivity index (χ1) is 12.2. The van der Waals surface area contributed by atoms with Crippen LogP contribution in [0.15, 0.2) is 59.5 Å². The number of carbonyl (C=O) groups excluding carboxylic acids is 1. The molecule has 126 valence electrons. The van der Waals surface area contributed by atoms with E-state index >= 15 is 0 Å². The highest BCUT2D eigenvalue weighted by Gasteiger charge is 2.30. The van der Waals surface area contributed by atoms with Crippen molar-refractivity contribution in [2.24, 2.45) is 0 Å². The van der Waals surface area contributed by atoms with E-state index in [0.717, 1.165) is 24.1 Å². The maximum atomic E-state index is 13.0. The Balaban J connectivity index is 1.55. The molecule has 5 heteroatoms. The molecule has 0 N–H and O–H groups in total. The van der Waals surface area contributed by atoms with Gasteiger partial charge in [0, 0.05) is 37.0 Å². The molecule has 0 saturated carbocycles. The summed E-state index contributed by atoms with van der Waals surface area (Å²) in [6, 6.07) is 11.9. The average Bonchev–Trinajstić information content (AvgIpc) is 3.32. The van der Waals surface area contributed by atoms with Gasteiger partial charge in [0.25, 0.3) is 5.91 Å². The fraction of sp³-hybridized carbons (Fsp3) is 0.250. The zero-order valence-electron chi connectivity index (χ0n) is 14.1. The fourth-order valence-corrected chi connectivity index (χ4v) is 3.31. The third-order valence-electron chi connectivity index (χ3n) is 4.75. The number of nitrogens with zero attached hydrogens (tertiary/aromatic N) is 3. The van der Waals surface area contributed by atoms with Crippen molar-refractivity contribution < 1.29 is 9.32 Å². The molecule has 0 aliphatic carbocycles. The zero-order chi connectivity index (χ0) is 17.2. The second-order valence-electron chi connectivity index (χ2n) is 6.46. The summed E-state index contributed by atoms with van der Waals surface area (Å²) in [5.74, 6) is 0.846. The minimum atomic E-state index is -0.0248. The highest BCUT2D eigenvalue weighted by molar-refractivity contribution is 5.99. The number of likely N-dealkylation sites (tertiary alicyclic amines) is 1. The molecular formula is C20H19N3O2. The minimum absolute atomic E-state index is 0.0248. The molecule has 4 rings (SSSR count). The number of carbonyl (C=O) groups is 1. The Hall–Kier alpha value is -2.95. The van der Waals surface area contributed by atoms with Crippen molar-refractivity contribution in [1.29, 1.82) is 0 Å². The number of pyridine rings is 1. The summed E-state index contributed by atoms with van der Waals surface area (Å²) in [4.78, 5) is 19.0. The Labute approximate surface area is 146 Å². The van der Waals surface area contributed by atoms with Gasteiger partial charge in [-0.15, -0.1) is 0 Å². The predicted molar refractivity (Wildman–Crippen MR) is 94.2 cm³/mol. The average molecular weight is 333 g/mol. The quantitative estimate of drug-likeness (QED) is 0.734. The van der Waals surface area contributed by atoms with Gasteiger partial charge >= 0.3 is 0 Å². The van der Waals surface area contributed by atoms with Gasteiger partial charge in [0.05, 0.1) is 6.20 Å². The van der Waals surface area contributed by atoms with Gasteiger partial charge < -0.3 is 9.42 Å². The molecule has 0 spiro atoms. The molecule has 1 aromatic carbocycles. The third kappa shape index (κ3) is 3.05. The standard InChI is InChI=1S/C20H19N3O2/c1-14-4-6-15(7-5-14)19-18(12-22-25-19)20(24)23-10-8-17(13-23)16-3-2-9-21-11-16/h2-7,9,11-12,17H,8,10,13H2,1H3/t17-/m1/s1. The predicted octanol–water partition coefficient (Wildman–Crippen LogP) is 3.67. The van der Waals surface area contributed by atoms with Crippen molar-refractivity contribution in [1.82, 2.24) is 15.0 Å². The van der Waals surface area contributed by atoms with E-state index in [1.54, 1.807) is 6.20 Å². The SMILES string of the molecule is Cc1ccc(-c2oncc2C(=O)N2CC[C@@H](c3cccnc3)C2)cc1. The van der Waals surface area contributed by atoms with Crippen LogP contribution >= 0.6 is 0 Å². The topological polar surface area (TPSA) is 59.2 Å². The molecule has 0 bridgehead atoms. The molecule has 1 aliphatic rings. The van der Waals surface area contributed by atoms with E-state index in [-0.39, 0.29) is 5.91 Å². The molecule has 1 amide bonds. The smallest absolute Gasteiger partial charge is 0.259 e. The van der Waals surface area contributed by atoms with E-state index < -0.39 is 0 Å². The second-order valence-corrected chi connectivity index (χ2v) is 6.46. The van der Waals surface area contributed by atoms with Crippen LogP contribution in [0.5, 0.6) is 0 Å². The molecular weight excluding hydrogens is 314 g/mol. The first-order valence-electron chi connectivity index (χ1n) is 8.43. The maximum absolute atomic E-state index is 13.0. The Kier molecular flexibility index (Phi) is 4.06. The Bertz CT molecular complexity index is 871. The summed E-state index contributed by atoms with van der Waals surface area (Å²) < 4.78 is 5.38. The second kappa shape index (κ2) is 6.51. The lowest BCUT2D eigenvalue weighted by Gasteiger charge is -2.16. The largest absolute Gasteiger partial charge is 0.355 e. The number of hydrogen-bond donors (Lipinski definition) is 0. The van der Waals surface area contributed by atoms with Crippen molar-refractivity contribution in [2.75, 3.05) is 13.1 Å². The molecule has 1 fully saturated rings. The number of benzene rings is 1.